The second kappa shape index (κ2) is 8.75. The number of nitrogens with zero attached hydrogens (tertiary/aromatic N) is 2. The van der Waals surface area contributed by atoms with Gasteiger partial charge in [-0.15, -0.1) is 0 Å². The molecule has 28 heavy (non-hydrogen) atoms. The first-order valence-electron chi connectivity index (χ1n) is 9.70. The van der Waals surface area contributed by atoms with Crippen molar-refractivity contribution in [2.75, 3.05) is 31.6 Å². The molecule has 0 spiro atoms. The molecule has 0 radical (unpaired) electrons. The Labute approximate surface area is 164 Å². The zero-order valence-corrected chi connectivity index (χ0v) is 15.8. The number of anilines is 1. The fraction of sp³-hybridized carbons (Fsp3) is 0.333. The number of fused-ring (bicyclic) bond motifs is 1. The van der Waals surface area contributed by atoms with E-state index in [2.05, 4.69) is 25.7 Å². The number of nitrogens with one attached hydrogen (secondary N) is 3. The van der Waals surface area contributed by atoms with Crippen molar-refractivity contribution in [3.05, 3.63) is 54.1 Å². The van der Waals surface area contributed by atoms with Gasteiger partial charge in [-0.25, -0.2) is 4.79 Å². The summed E-state index contributed by atoms with van der Waals surface area (Å²) in [6.07, 6.45) is 2.56. The van der Waals surface area contributed by atoms with Crippen molar-refractivity contribution >= 4 is 22.8 Å². The van der Waals surface area contributed by atoms with Gasteiger partial charge < -0.3 is 10.1 Å². The molecule has 2 heterocycles. The Morgan fingerprint density at radius 2 is 1.96 bits per heavy atom. The van der Waals surface area contributed by atoms with Gasteiger partial charge in [0.2, 0.25) is 0 Å². The fourth-order valence-electron chi connectivity index (χ4n) is 3.41. The average molecular weight is 379 g/mol. The number of H-pyrrole nitrogens is 1. The van der Waals surface area contributed by atoms with E-state index in [1.54, 1.807) is 0 Å². The van der Waals surface area contributed by atoms with E-state index in [1.807, 2.05) is 48.5 Å². The van der Waals surface area contributed by atoms with Crippen molar-refractivity contribution < 1.29 is 9.53 Å². The van der Waals surface area contributed by atoms with Gasteiger partial charge in [0.15, 0.2) is 5.82 Å². The quantitative estimate of drug-likeness (QED) is 0.588. The number of ether oxygens (including phenoxy) is 1. The first-order valence-corrected chi connectivity index (χ1v) is 9.70. The van der Waals surface area contributed by atoms with Gasteiger partial charge in [0.25, 0.3) is 0 Å². The number of amides is 2. The minimum atomic E-state index is -0.294. The summed E-state index contributed by atoms with van der Waals surface area (Å²) < 4.78 is 5.90. The van der Waals surface area contributed by atoms with Crippen LogP contribution >= 0.6 is 0 Å². The molecule has 2 amide bonds. The predicted octanol–water partition coefficient (Wildman–Crippen LogP) is 3.36. The minimum Gasteiger partial charge on any atom is -0.492 e. The zero-order valence-electron chi connectivity index (χ0n) is 15.8. The van der Waals surface area contributed by atoms with Crippen molar-refractivity contribution in [3.8, 4) is 5.75 Å². The number of hydrogen-bond donors (Lipinski definition) is 3. The van der Waals surface area contributed by atoms with Crippen LogP contribution in [0.5, 0.6) is 5.75 Å². The summed E-state index contributed by atoms with van der Waals surface area (Å²) in [7, 11) is 0. The van der Waals surface area contributed by atoms with Gasteiger partial charge >= 0.3 is 6.03 Å². The molecular formula is C21H25N5O2. The van der Waals surface area contributed by atoms with E-state index in [1.165, 1.54) is 12.8 Å². The molecule has 0 saturated carbocycles. The van der Waals surface area contributed by atoms with E-state index >= 15 is 0 Å². The summed E-state index contributed by atoms with van der Waals surface area (Å²) in [5.41, 5.74) is 1.89. The lowest BCUT2D eigenvalue weighted by molar-refractivity contribution is 0.238. The number of carbonyl (C=O) groups excluding carboxylic acids is 1. The van der Waals surface area contributed by atoms with Crippen LogP contribution in [-0.2, 0) is 6.54 Å². The highest BCUT2D eigenvalue weighted by molar-refractivity contribution is 5.99. The van der Waals surface area contributed by atoms with Crippen molar-refractivity contribution in [3.63, 3.8) is 0 Å². The zero-order chi connectivity index (χ0) is 19.2. The molecule has 4 rings (SSSR count). The third kappa shape index (κ3) is 4.61. The lowest BCUT2D eigenvalue weighted by atomic mass is 10.2. The predicted molar refractivity (Wildman–Crippen MR) is 110 cm³/mol. The number of carbonyl (C=O) groups is 1. The Kier molecular flexibility index (Phi) is 5.72. The molecule has 1 aromatic heterocycles. The SMILES string of the molecule is O=C(NCc1ccccc1)Nc1n[nH]c2ccc(OCCN3CCCC3)cc12. The van der Waals surface area contributed by atoms with Crippen molar-refractivity contribution in [1.82, 2.24) is 20.4 Å². The Morgan fingerprint density at radius 3 is 2.79 bits per heavy atom. The smallest absolute Gasteiger partial charge is 0.320 e. The van der Waals surface area contributed by atoms with Crippen LogP contribution in [0.25, 0.3) is 10.9 Å². The molecule has 3 N–H and O–H groups in total. The Bertz CT molecular complexity index is 919. The fourth-order valence-corrected chi connectivity index (χ4v) is 3.41. The molecule has 7 heteroatoms. The standard InChI is InChI=1S/C21H25N5O2/c27-21(22-15-16-6-2-1-3-7-16)23-20-18-14-17(8-9-19(18)24-25-20)28-13-12-26-10-4-5-11-26/h1-3,6-9,14H,4-5,10-13,15H2,(H3,22,23,24,25,27). The van der Waals surface area contributed by atoms with Crippen LogP contribution in [-0.4, -0.2) is 47.4 Å². The van der Waals surface area contributed by atoms with Crippen LogP contribution in [0.4, 0.5) is 10.6 Å². The van der Waals surface area contributed by atoms with E-state index in [0.717, 1.165) is 41.9 Å². The largest absolute Gasteiger partial charge is 0.492 e. The first kappa shape index (κ1) is 18.3. The molecule has 146 valence electrons. The third-order valence-corrected chi connectivity index (χ3v) is 4.94. The third-order valence-electron chi connectivity index (χ3n) is 4.94. The van der Waals surface area contributed by atoms with E-state index < -0.39 is 0 Å². The van der Waals surface area contributed by atoms with Gasteiger partial charge in [-0.3, -0.25) is 15.3 Å². The van der Waals surface area contributed by atoms with Crippen LogP contribution in [0.15, 0.2) is 48.5 Å². The molecule has 0 bridgehead atoms. The topological polar surface area (TPSA) is 82.3 Å². The monoisotopic (exact) mass is 379 g/mol. The van der Waals surface area contributed by atoms with Gasteiger partial charge in [0.1, 0.15) is 12.4 Å². The molecular weight excluding hydrogens is 354 g/mol. The number of rotatable bonds is 7. The number of aromatic nitrogens is 2. The van der Waals surface area contributed by atoms with Crippen molar-refractivity contribution in [1.29, 1.82) is 0 Å². The summed E-state index contributed by atoms with van der Waals surface area (Å²) in [6, 6.07) is 15.2. The molecule has 0 aliphatic carbocycles. The Balaban J connectivity index is 1.34. The molecule has 1 saturated heterocycles. The van der Waals surface area contributed by atoms with Crippen LogP contribution in [0, 0.1) is 0 Å². The van der Waals surface area contributed by atoms with Gasteiger partial charge in [-0.2, -0.15) is 5.10 Å². The molecule has 0 atom stereocenters. The van der Waals surface area contributed by atoms with Crippen molar-refractivity contribution in [2.24, 2.45) is 0 Å². The molecule has 1 aliphatic heterocycles. The number of aromatic amines is 1. The maximum absolute atomic E-state index is 12.2. The van der Waals surface area contributed by atoms with Gasteiger partial charge in [0.05, 0.1) is 5.52 Å². The van der Waals surface area contributed by atoms with Crippen LogP contribution in [0.1, 0.15) is 18.4 Å². The summed E-state index contributed by atoms with van der Waals surface area (Å²) in [4.78, 5) is 14.6. The average Bonchev–Trinajstić information content (AvgIpc) is 3.38. The van der Waals surface area contributed by atoms with Crippen LogP contribution < -0.4 is 15.4 Å². The maximum atomic E-state index is 12.2. The summed E-state index contributed by atoms with van der Waals surface area (Å²) in [5, 5.41) is 13.6. The number of hydrogen-bond acceptors (Lipinski definition) is 4. The van der Waals surface area contributed by atoms with Gasteiger partial charge in [-0.05, 0) is 49.7 Å². The first-order chi connectivity index (χ1) is 13.8. The molecule has 3 aromatic rings. The highest BCUT2D eigenvalue weighted by Crippen LogP contribution is 2.25. The van der Waals surface area contributed by atoms with E-state index in [4.69, 9.17) is 4.74 Å². The lowest BCUT2D eigenvalue weighted by Crippen LogP contribution is -2.28. The lowest BCUT2D eigenvalue weighted by Gasteiger charge is -2.14. The summed E-state index contributed by atoms with van der Waals surface area (Å²) in [6.45, 7) is 4.38. The molecule has 2 aromatic carbocycles. The Morgan fingerprint density at radius 1 is 1.14 bits per heavy atom. The summed E-state index contributed by atoms with van der Waals surface area (Å²) >= 11 is 0. The second-order valence-electron chi connectivity index (χ2n) is 6.97. The van der Waals surface area contributed by atoms with E-state index in [-0.39, 0.29) is 6.03 Å². The highest BCUT2D eigenvalue weighted by Gasteiger charge is 2.12. The number of likely N-dealkylation sites (tertiary alicyclic amines) is 1. The normalized spacial score (nSPS) is 14.3. The Hall–Kier alpha value is -3.06. The highest BCUT2D eigenvalue weighted by atomic mass is 16.5. The maximum Gasteiger partial charge on any atom is 0.320 e. The molecule has 7 nitrogen and oxygen atoms in total. The van der Waals surface area contributed by atoms with Crippen LogP contribution in [0.2, 0.25) is 0 Å². The number of urea groups is 1. The van der Waals surface area contributed by atoms with Crippen LogP contribution in [0.3, 0.4) is 0 Å². The van der Waals surface area contributed by atoms with Gasteiger partial charge in [0, 0.05) is 18.5 Å². The minimum absolute atomic E-state index is 0.294. The summed E-state index contributed by atoms with van der Waals surface area (Å²) in [5.74, 6) is 1.27. The second-order valence-corrected chi connectivity index (χ2v) is 6.97. The van der Waals surface area contributed by atoms with E-state index in [9.17, 15) is 4.79 Å². The number of benzene rings is 2. The molecule has 0 unspecified atom stereocenters. The molecule has 1 fully saturated rings. The molecule has 1 aliphatic rings. The van der Waals surface area contributed by atoms with Crippen molar-refractivity contribution in [2.45, 2.75) is 19.4 Å². The van der Waals surface area contributed by atoms with E-state index in [0.29, 0.717) is 19.0 Å². The van der Waals surface area contributed by atoms with Gasteiger partial charge in [-0.1, -0.05) is 30.3 Å².